The molecule has 3 N–H and O–H groups in total. The van der Waals surface area contributed by atoms with Crippen LogP contribution in [-0.2, 0) is 16.1 Å². The molecule has 144 valence electrons. The number of carbonyl (C=O) groups excluding carboxylic acids is 1. The van der Waals surface area contributed by atoms with Crippen molar-refractivity contribution in [1.29, 1.82) is 0 Å². The van der Waals surface area contributed by atoms with Crippen molar-refractivity contribution in [1.82, 2.24) is 19.8 Å². The number of nitrogens with one attached hydrogen (secondary N) is 1. The zero-order valence-electron chi connectivity index (χ0n) is 15.6. The number of likely N-dealkylation sites (N-methyl/N-ethyl adjacent to an activating group) is 1. The first kappa shape index (κ1) is 19.1. The van der Waals surface area contributed by atoms with Crippen LogP contribution in [-0.4, -0.2) is 59.0 Å². The minimum atomic E-state index is -0.593. The maximum atomic E-state index is 12.9. The molecule has 0 radical (unpaired) electrons. The van der Waals surface area contributed by atoms with Crippen molar-refractivity contribution in [2.45, 2.75) is 25.1 Å². The zero-order valence-corrected chi connectivity index (χ0v) is 15.6. The third-order valence-electron chi connectivity index (χ3n) is 4.89. The molecule has 1 aromatic heterocycles. The van der Waals surface area contributed by atoms with Gasteiger partial charge >= 0.3 is 0 Å². The minimum absolute atomic E-state index is 0.0295. The highest BCUT2D eigenvalue weighted by atomic mass is 16.5. The van der Waals surface area contributed by atoms with E-state index in [4.69, 9.17) is 10.5 Å². The Morgan fingerprint density at radius 3 is 2.85 bits per heavy atom. The van der Waals surface area contributed by atoms with Gasteiger partial charge in [0.1, 0.15) is 0 Å². The molecule has 1 fully saturated rings. The number of hydrogen-bond donors (Lipinski definition) is 2. The van der Waals surface area contributed by atoms with E-state index in [0.717, 1.165) is 12.0 Å². The Hall–Kier alpha value is -2.71. The topological polar surface area (TPSA) is 105 Å². The minimum Gasteiger partial charge on any atom is -0.369 e. The van der Waals surface area contributed by atoms with Gasteiger partial charge in [-0.2, -0.15) is 0 Å². The third kappa shape index (κ3) is 4.53. The van der Waals surface area contributed by atoms with Gasteiger partial charge in [-0.05, 0) is 19.0 Å². The molecule has 1 aliphatic rings. The molecule has 3 rings (SSSR count). The molecule has 2 aromatic rings. The van der Waals surface area contributed by atoms with Gasteiger partial charge in [0.25, 0.3) is 11.5 Å². The van der Waals surface area contributed by atoms with Gasteiger partial charge in [0.05, 0.1) is 5.69 Å². The van der Waals surface area contributed by atoms with Crippen LogP contribution in [0.4, 0.5) is 5.95 Å². The highest BCUT2D eigenvalue weighted by Crippen LogP contribution is 2.23. The molecule has 27 heavy (non-hydrogen) atoms. The first-order valence-electron chi connectivity index (χ1n) is 8.90. The van der Waals surface area contributed by atoms with Crippen LogP contribution in [0.3, 0.4) is 0 Å². The molecule has 2 atom stereocenters. The van der Waals surface area contributed by atoms with Gasteiger partial charge in [0.15, 0.2) is 6.10 Å². The number of anilines is 1. The lowest BCUT2D eigenvalue weighted by atomic mass is 10.1. The van der Waals surface area contributed by atoms with E-state index >= 15 is 0 Å². The number of nitrogens with two attached hydrogens (primary N) is 1. The van der Waals surface area contributed by atoms with Gasteiger partial charge < -0.3 is 15.4 Å². The van der Waals surface area contributed by atoms with Gasteiger partial charge in [0.2, 0.25) is 5.95 Å². The Bertz CT molecular complexity index is 839. The summed E-state index contributed by atoms with van der Waals surface area (Å²) in [5.74, 6) is 0.0815. The molecule has 8 nitrogen and oxygen atoms in total. The summed E-state index contributed by atoms with van der Waals surface area (Å²) in [7, 11) is 3.51. The summed E-state index contributed by atoms with van der Waals surface area (Å²) < 4.78 is 5.46. The number of H-pyrrole nitrogens is 1. The summed E-state index contributed by atoms with van der Waals surface area (Å²) in [5.41, 5.74) is 6.80. The summed E-state index contributed by atoms with van der Waals surface area (Å²) in [5, 5.41) is 0. The maximum Gasteiger partial charge on any atom is 0.256 e. The van der Waals surface area contributed by atoms with Crippen molar-refractivity contribution in [2.24, 2.45) is 0 Å². The Balaban J connectivity index is 1.63. The van der Waals surface area contributed by atoms with Gasteiger partial charge in [0, 0.05) is 38.9 Å². The number of ether oxygens (including phenoxy) is 1. The van der Waals surface area contributed by atoms with Crippen LogP contribution < -0.4 is 11.3 Å². The first-order valence-corrected chi connectivity index (χ1v) is 8.90. The Morgan fingerprint density at radius 2 is 2.19 bits per heavy atom. The van der Waals surface area contributed by atoms with E-state index in [0.29, 0.717) is 25.3 Å². The van der Waals surface area contributed by atoms with Crippen LogP contribution in [0.25, 0.3) is 0 Å². The average Bonchev–Trinajstić information content (AvgIpc) is 3.12. The van der Waals surface area contributed by atoms with E-state index < -0.39 is 6.10 Å². The largest absolute Gasteiger partial charge is 0.369 e. The first-order chi connectivity index (χ1) is 13.0. The second-order valence-corrected chi connectivity index (χ2v) is 6.79. The summed E-state index contributed by atoms with van der Waals surface area (Å²) >= 11 is 0. The standard InChI is InChI=1S/C19H25N5O3/c1-23(11-14-10-16(25)22-19(20)21-14)15-8-9-24(12-15)18(26)17(27-2)13-6-4-3-5-7-13/h3-7,10,15,17H,8-9,11-12H2,1-2H3,(H3,20,21,22,25). The number of rotatable bonds is 6. The van der Waals surface area contributed by atoms with Crippen molar-refractivity contribution >= 4 is 11.9 Å². The fraction of sp³-hybridized carbons (Fsp3) is 0.421. The molecule has 0 bridgehead atoms. The number of amides is 1. The van der Waals surface area contributed by atoms with E-state index in [2.05, 4.69) is 14.9 Å². The van der Waals surface area contributed by atoms with Gasteiger partial charge in [-0.1, -0.05) is 30.3 Å². The molecular formula is C19H25N5O3. The number of aromatic nitrogens is 2. The smallest absolute Gasteiger partial charge is 0.256 e. The average molecular weight is 371 g/mol. The number of nitrogens with zero attached hydrogens (tertiary/aromatic N) is 3. The summed E-state index contributed by atoms with van der Waals surface area (Å²) in [6.07, 6.45) is 0.260. The van der Waals surface area contributed by atoms with Gasteiger partial charge in [-0.25, -0.2) is 4.98 Å². The lowest BCUT2D eigenvalue weighted by molar-refractivity contribution is -0.141. The van der Waals surface area contributed by atoms with Crippen molar-refractivity contribution in [3.05, 3.63) is 58.0 Å². The fourth-order valence-electron chi connectivity index (χ4n) is 3.47. The third-order valence-corrected chi connectivity index (χ3v) is 4.89. The van der Waals surface area contributed by atoms with Crippen LogP contribution in [0.2, 0.25) is 0 Å². The van der Waals surface area contributed by atoms with Crippen molar-refractivity contribution in [3.8, 4) is 0 Å². The van der Waals surface area contributed by atoms with E-state index in [1.807, 2.05) is 42.3 Å². The Kier molecular flexibility index (Phi) is 5.88. The molecule has 1 aliphatic heterocycles. The van der Waals surface area contributed by atoms with Crippen LogP contribution in [0, 0.1) is 0 Å². The molecular weight excluding hydrogens is 346 g/mol. The molecule has 0 spiro atoms. The maximum absolute atomic E-state index is 12.9. The van der Waals surface area contributed by atoms with Crippen molar-refractivity contribution < 1.29 is 9.53 Å². The number of aromatic amines is 1. The quantitative estimate of drug-likeness (QED) is 0.777. The SMILES string of the molecule is COC(C(=O)N1CCC(N(C)Cc2cc(=O)[nH]c(N)n2)C1)c1ccccc1. The van der Waals surface area contributed by atoms with E-state index in [-0.39, 0.29) is 23.5 Å². The van der Waals surface area contributed by atoms with Gasteiger partial charge in [-0.3, -0.25) is 19.5 Å². The number of nitrogen functional groups attached to an aromatic ring is 1. The Morgan fingerprint density at radius 1 is 1.44 bits per heavy atom. The number of likely N-dealkylation sites (tertiary alicyclic amines) is 1. The predicted octanol–water partition coefficient (Wildman–Crippen LogP) is 0.773. The lowest BCUT2D eigenvalue weighted by Crippen LogP contribution is -2.38. The molecule has 1 aromatic carbocycles. The van der Waals surface area contributed by atoms with E-state index in [1.54, 1.807) is 7.11 Å². The van der Waals surface area contributed by atoms with Gasteiger partial charge in [-0.15, -0.1) is 0 Å². The second kappa shape index (κ2) is 8.32. The molecule has 2 unspecified atom stereocenters. The number of methoxy groups -OCH3 is 1. The highest BCUT2D eigenvalue weighted by Gasteiger charge is 2.33. The zero-order chi connectivity index (χ0) is 19.4. The molecule has 2 heterocycles. The summed E-state index contributed by atoms with van der Waals surface area (Å²) in [4.78, 5) is 35.0. The molecule has 1 saturated heterocycles. The molecule has 0 aliphatic carbocycles. The normalized spacial score (nSPS) is 18.0. The number of carbonyl (C=O) groups is 1. The van der Waals surface area contributed by atoms with Crippen molar-refractivity contribution in [3.63, 3.8) is 0 Å². The Labute approximate surface area is 158 Å². The van der Waals surface area contributed by atoms with E-state index in [1.165, 1.54) is 6.07 Å². The second-order valence-electron chi connectivity index (χ2n) is 6.79. The summed E-state index contributed by atoms with van der Waals surface area (Å²) in [6, 6.07) is 11.1. The fourth-order valence-corrected chi connectivity index (χ4v) is 3.47. The highest BCUT2D eigenvalue weighted by molar-refractivity contribution is 5.82. The molecule has 0 saturated carbocycles. The van der Waals surface area contributed by atoms with Crippen LogP contribution in [0.5, 0.6) is 0 Å². The van der Waals surface area contributed by atoms with Crippen LogP contribution >= 0.6 is 0 Å². The number of hydrogen-bond acceptors (Lipinski definition) is 6. The molecule has 1 amide bonds. The predicted molar refractivity (Wildman–Crippen MR) is 102 cm³/mol. The van der Waals surface area contributed by atoms with Crippen LogP contribution in [0.1, 0.15) is 23.8 Å². The summed E-state index contributed by atoms with van der Waals surface area (Å²) in [6.45, 7) is 1.78. The monoisotopic (exact) mass is 371 g/mol. The van der Waals surface area contributed by atoms with Crippen molar-refractivity contribution in [2.75, 3.05) is 33.0 Å². The molecule has 8 heteroatoms. The van der Waals surface area contributed by atoms with Crippen LogP contribution in [0.15, 0.2) is 41.2 Å². The lowest BCUT2D eigenvalue weighted by Gasteiger charge is -2.26. The van der Waals surface area contributed by atoms with E-state index in [9.17, 15) is 9.59 Å². The number of benzene rings is 1.